The first-order valence-electron chi connectivity index (χ1n) is 15.4. The smallest absolute Gasteiger partial charge is 0.264 e. The fourth-order valence-corrected chi connectivity index (χ4v) is 9.24. The van der Waals surface area contributed by atoms with Crippen LogP contribution in [-0.2, 0) is 21.9 Å². The second-order valence-electron chi connectivity index (χ2n) is 13.0. The van der Waals surface area contributed by atoms with Crippen molar-refractivity contribution in [1.29, 1.82) is 0 Å². The molecular formula is C33H41ClN2O6S. The lowest BCUT2D eigenvalue weighted by molar-refractivity contribution is 0.0456. The molecule has 1 amide bonds. The van der Waals surface area contributed by atoms with Crippen molar-refractivity contribution in [3.8, 4) is 5.75 Å². The Hall–Kier alpha value is -2.59. The number of fused-ring (bicyclic) bond motifs is 4. The Morgan fingerprint density at radius 1 is 1.19 bits per heavy atom. The van der Waals surface area contributed by atoms with Gasteiger partial charge in [0, 0.05) is 29.1 Å². The molecule has 2 bridgehead atoms. The standard InChI is InChI=1S/C33H41ClN2O6S/c1-21(37)15-26-6-2-3-7-30(38)27-11-8-24(27)18-36-19-33(14-4-5-22-16-25(34)10-12-28(22)33)20-42-31-13-9-23(17-29(31)36)32(39)35-43(26,40)41/h3,7,9-10,12-13,16-17,21,24,26-27,30,37-38H,2,4-6,8,11,14-15,18-20H2,1H3,(H,35,39)/b7-3+/t21-,24+,26-,27-,30+,33+/m1/s1. The second-order valence-corrected chi connectivity index (χ2v) is 15.4. The van der Waals surface area contributed by atoms with Crippen molar-refractivity contribution in [3.05, 3.63) is 70.3 Å². The minimum atomic E-state index is -4.08. The highest BCUT2D eigenvalue weighted by molar-refractivity contribution is 7.90. The topological polar surface area (TPSA) is 116 Å². The number of amides is 1. The van der Waals surface area contributed by atoms with Gasteiger partial charge < -0.3 is 19.8 Å². The number of nitrogens with one attached hydrogen (secondary N) is 1. The Morgan fingerprint density at radius 3 is 2.79 bits per heavy atom. The van der Waals surface area contributed by atoms with Gasteiger partial charge in [-0.3, -0.25) is 4.79 Å². The van der Waals surface area contributed by atoms with Crippen molar-refractivity contribution in [2.75, 3.05) is 24.6 Å². The molecule has 0 saturated heterocycles. The molecule has 0 aromatic heterocycles. The number of sulfonamides is 1. The van der Waals surface area contributed by atoms with E-state index in [9.17, 15) is 23.4 Å². The molecule has 2 aliphatic carbocycles. The average molecular weight is 629 g/mol. The number of rotatable bonds is 2. The summed E-state index contributed by atoms with van der Waals surface area (Å²) in [7, 11) is -4.08. The first-order valence-corrected chi connectivity index (χ1v) is 17.4. The van der Waals surface area contributed by atoms with Crippen molar-refractivity contribution < 1.29 is 28.2 Å². The summed E-state index contributed by atoms with van der Waals surface area (Å²) in [4.78, 5) is 15.7. The normalized spacial score (nSPS) is 31.8. The summed E-state index contributed by atoms with van der Waals surface area (Å²) in [5, 5.41) is 20.9. The molecule has 3 N–H and O–H groups in total. The third-order valence-electron chi connectivity index (χ3n) is 9.94. The maximum Gasteiger partial charge on any atom is 0.264 e. The lowest BCUT2D eigenvalue weighted by atomic mass is 9.68. The summed E-state index contributed by atoms with van der Waals surface area (Å²) in [6.07, 6.45) is 7.62. The molecule has 6 atom stereocenters. The molecule has 10 heteroatoms. The monoisotopic (exact) mass is 628 g/mol. The van der Waals surface area contributed by atoms with E-state index >= 15 is 0 Å². The average Bonchev–Trinajstić information content (AvgIpc) is 3.08. The van der Waals surface area contributed by atoms with Gasteiger partial charge >= 0.3 is 0 Å². The molecule has 2 heterocycles. The van der Waals surface area contributed by atoms with Gasteiger partial charge in [-0.05, 0) is 112 Å². The van der Waals surface area contributed by atoms with E-state index in [0.29, 0.717) is 31.9 Å². The molecule has 1 fully saturated rings. The number of ether oxygens (including phenoxy) is 1. The molecule has 2 aromatic rings. The van der Waals surface area contributed by atoms with Crippen LogP contribution < -0.4 is 14.4 Å². The minimum Gasteiger partial charge on any atom is -0.490 e. The van der Waals surface area contributed by atoms with Crippen molar-refractivity contribution >= 4 is 33.2 Å². The number of carbonyl (C=O) groups is 1. The molecular weight excluding hydrogens is 588 g/mol. The third-order valence-corrected chi connectivity index (χ3v) is 11.9. The fraction of sp³-hybridized carbons (Fsp3) is 0.545. The number of aryl methyl sites for hydroxylation is 1. The van der Waals surface area contributed by atoms with E-state index in [0.717, 1.165) is 42.8 Å². The fourth-order valence-electron chi connectivity index (χ4n) is 7.52. The summed E-state index contributed by atoms with van der Waals surface area (Å²) in [6.45, 7) is 3.38. The van der Waals surface area contributed by atoms with Gasteiger partial charge in [0.15, 0.2) is 0 Å². The van der Waals surface area contributed by atoms with Crippen molar-refractivity contribution in [3.63, 3.8) is 0 Å². The van der Waals surface area contributed by atoms with Gasteiger partial charge in [0.2, 0.25) is 10.0 Å². The summed E-state index contributed by atoms with van der Waals surface area (Å²) < 4.78 is 35.5. The van der Waals surface area contributed by atoms with E-state index < -0.39 is 33.4 Å². The van der Waals surface area contributed by atoms with E-state index in [1.165, 1.54) is 11.1 Å². The summed E-state index contributed by atoms with van der Waals surface area (Å²) >= 11 is 6.38. The van der Waals surface area contributed by atoms with Crippen molar-refractivity contribution in [2.45, 2.75) is 81.2 Å². The van der Waals surface area contributed by atoms with E-state index in [1.54, 1.807) is 31.2 Å². The molecule has 1 spiro atoms. The number of aliphatic hydroxyl groups is 2. The van der Waals surface area contributed by atoms with Crippen LogP contribution in [0.15, 0.2) is 48.6 Å². The van der Waals surface area contributed by atoms with Gasteiger partial charge in [0.25, 0.3) is 5.91 Å². The molecule has 2 aromatic carbocycles. The first-order chi connectivity index (χ1) is 20.5. The highest BCUT2D eigenvalue weighted by Crippen LogP contribution is 2.46. The summed E-state index contributed by atoms with van der Waals surface area (Å²) in [5.41, 5.74) is 3.18. The molecule has 0 radical (unpaired) electrons. The quantitative estimate of drug-likeness (QED) is 0.411. The summed E-state index contributed by atoms with van der Waals surface area (Å²) in [5.74, 6) is 0.301. The van der Waals surface area contributed by atoms with Crippen molar-refractivity contribution in [1.82, 2.24) is 4.72 Å². The van der Waals surface area contributed by atoms with E-state index in [-0.39, 0.29) is 35.7 Å². The van der Waals surface area contributed by atoms with Crippen LogP contribution in [-0.4, -0.2) is 61.7 Å². The number of anilines is 1. The zero-order chi connectivity index (χ0) is 30.4. The van der Waals surface area contributed by atoms with E-state index in [2.05, 4.69) is 21.8 Å². The lowest BCUT2D eigenvalue weighted by Crippen LogP contribution is -2.49. The second kappa shape index (κ2) is 12.1. The highest BCUT2D eigenvalue weighted by atomic mass is 35.5. The van der Waals surface area contributed by atoms with Crippen LogP contribution in [0, 0.1) is 11.8 Å². The Balaban J connectivity index is 1.41. The maximum atomic E-state index is 13.4. The van der Waals surface area contributed by atoms with Crippen LogP contribution in [0.25, 0.3) is 0 Å². The van der Waals surface area contributed by atoms with Crippen LogP contribution in [0.1, 0.15) is 73.4 Å². The van der Waals surface area contributed by atoms with Gasteiger partial charge in [-0.25, -0.2) is 13.1 Å². The van der Waals surface area contributed by atoms with Gasteiger partial charge in [0.05, 0.1) is 29.8 Å². The highest BCUT2D eigenvalue weighted by Gasteiger charge is 2.44. The van der Waals surface area contributed by atoms with Crippen LogP contribution in [0.3, 0.4) is 0 Å². The molecule has 8 nitrogen and oxygen atoms in total. The molecule has 6 rings (SSSR count). The predicted molar refractivity (Wildman–Crippen MR) is 167 cm³/mol. The number of aliphatic hydroxyl groups excluding tert-OH is 2. The SMILES string of the molecule is C[C@@H](O)C[C@H]1CC/C=C/[C@H](O)[C@@H]2CC[C@H]2CN2C[C@@]3(CCCc4cc(Cl)ccc43)COc3ccc(cc32)C(=O)NS1(=O)=O. The third kappa shape index (κ3) is 6.19. The van der Waals surface area contributed by atoms with Crippen LogP contribution in [0.2, 0.25) is 5.02 Å². The van der Waals surface area contributed by atoms with E-state index in [1.807, 2.05) is 12.1 Å². The summed E-state index contributed by atoms with van der Waals surface area (Å²) in [6, 6.07) is 11.2. The Morgan fingerprint density at radius 2 is 2.02 bits per heavy atom. The predicted octanol–water partition coefficient (Wildman–Crippen LogP) is 4.75. The Kier molecular flexibility index (Phi) is 8.54. The lowest BCUT2D eigenvalue weighted by Gasteiger charge is -2.45. The van der Waals surface area contributed by atoms with Crippen LogP contribution >= 0.6 is 11.6 Å². The molecule has 4 aliphatic rings. The Bertz CT molecular complexity index is 1510. The van der Waals surface area contributed by atoms with Gasteiger partial charge in [-0.2, -0.15) is 0 Å². The number of halogens is 1. The molecule has 1 saturated carbocycles. The zero-order valence-corrected chi connectivity index (χ0v) is 26.1. The molecule has 2 aliphatic heterocycles. The number of benzene rings is 2. The number of nitrogens with zero attached hydrogens (tertiary/aromatic N) is 1. The van der Waals surface area contributed by atoms with Crippen LogP contribution in [0.4, 0.5) is 5.69 Å². The largest absolute Gasteiger partial charge is 0.490 e. The number of hydrogen-bond acceptors (Lipinski definition) is 7. The first kappa shape index (κ1) is 30.4. The Labute approximate surface area is 259 Å². The van der Waals surface area contributed by atoms with Gasteiger partial charge in [-0.15, -0.1) is 0 Å². The van der Waals surface area contributed by atoms with Gasteiger partial charge in [-0.1, -0.05) is 29.8 Å². The maximum absolute atomic E-state index is 13.4. The number of hydrogen-bond donors (Lipinski definition) is 3. The molecule has 232 valence electrons. The minimum absolute atomic E-state index is 0.00425. The molecule has 43 heavy (non-hydrogen) atoms. The number of allylic oxidation sites excluding steroid dienone is 1. The van der Waals surface area contributed by atoms with Gasteiger partial charge in [0.1, 0.15) is 5.75 Å². The number of carbonyl (C=O) groups excluding carboxylic acids is 1. The zero-order valence-electron chi connectivity index (χ0n) is 24.5. The van der Waals surface area contributed by atoms with E-state index in [4.69, 9.17) is 16.3 Å². The van der Waals surface area contributed by atoms with Crippen molar-refractivity contribution in [2.24, 2.45) is 11.8 Å². The van der Waals surface area contributed by atoms with Crippen LogP contribution in [0.5, 0.6) is 5.75 Å². The molecule has 0 unspecified atom stereocenters.